The highest BCUT2D eigenvalue weighted by molar-refractivity contribution is 9.09. The molecule has 17 heavy (non-hydrogen) atoms. The van der Waals surface area contributed by atoms with Gasteiger partial charge in [0.05, 0.1) is 4.83 Å². The highest BCUT2D eigenvalue weighted by Gasteiger charge is 2.15. The van der Waals surface area contributed by atoms with Crippen molar-refractivity contribution in [2.75, 3.05) is 0 Å². The molecule has 0 amide bonds. The molecular formula is C14H14BrFS. The first-order valence-corrected chi connectivity index (χ1v) is 7.39. The zero-order valence-corrected chi connectivity index (χ0v) is 12.2. The average Bonchev–Trinajstić information content (AvgIpc) is 2.80. The van der Waals surface area contributed by atoms with Crippen molar-refractivity contribution in [3.63, 3.8) is 0 Å². The number of aryl methyl sites for hydroxylation is 2. The predicted octanol–water partition coefficient (Wildman–Crippen LogP) is 5.24. The van der Waals surface area contributed by atoms with Crippen molar-refractivity contribution < 1.29 is 4.39 Å². The van der Waals surface area contributed by atoms with Gasteiger partial charge in [0, 0.05) is 4.88 Å². The highest BCUT2D eigenvalue weighted by atomic mass is 79.9. The first kappa shape index (κ1) is 12.8. The summed E-state index contributed by atoms with van der Waals surface area (Å²) in [6, 6.07) is 7.46. The molecule has 0 nitrogen and oxygen atoms in total. The maximum absolute atomic E-state index is 13.2. The third kappa shape index (κ3) is 2.61. The Balaban J connectivity index is 2.36. The quantitative estimate of drug-likeness (QED) is 0.680. The van der Waals surface area contributed by atoms with Gasteiger partial charge < -0.3 is 0 Å². The van der Waals surface area contributed by atoms with Crippen LogP contribution in [0.3, 0.4) is 0 Å². The summed E-state index contributed by atoms with van der Waals surface area (Å²) in [5, 5.41) is 2.11. The number of hydrogen-bond donors (Lipinski definition) is 0. The van der Waals surface area contributed by atoms with Gasteiger partial charge in [-0.1, -0.05) is 35.0 Å². The number of halogens is 2. The van der Waals surface area contributed by atoms with Crippen molar-refractivity contribution in [2.24, 2.45) is 0 Å². The highest BCUT2D eigenvalue weighted by Crippen LogP contribution is 2.37. The molecule has 1 heterocycles. The summed E-state index contributed by atoms with van der Waals surface area (Å²) in [5.74, 6) is -0.143. The molecule has 0 aliphatic heterocycles. The second-order valence-corrected chi connectivity index (χ2v) is 5.90. The Hall–Kier alpha value is -0.670. The monoisotopic (exact) mass is 312 g/mol. The van der Waals surface area contributed by atoms with E-state index in [1.165, 1.54) is 16.5 Å². The van der Waals surface area contributed by atoms with E-state index in [-0.39, 0.29) is 10.6 Å². The molecule has 0 aliphatic rings. The van der Waals surface area contributed by atoms with Crippen molar-refractivity contribution in [1.29, 1.82) is 0 Å². The van der Waals surface area contributed by atoms with Gasteiger partial charge in [-0.2, -0.15) is 0 Å². The van der Waals surface area contributed by atoms with E-state index in [4.69, 9.17) is 0 Å². The Labute approximate surface area is 114 Å². The smallest absolute Gasteiger partial charge is 0.126 e. The molecule has 0 saturated heterocycles. The van der Waals surface area contributed by atoms with Gasteiger partial charge in [0.1, 0.15) is 5.82 Å². The molecule has 3 heteroatoms. The van der Waals surface area contributed by atoms with Crippen molar-refractivity contribution >= 4 is 27.3 Å². The van der Waals surface area contributed by atoms with Crippen molar-refractivity contribution in [2.45, 2.75) is 25.1 Å². The summed E-state index contributed by atoms with van der Waals surface area (Å²) in [4.78, 5) is 1.48. The number of rotatable bonds is 3. The summed E-state index contributed by atoms with van der Waals surface area (Å²) in [7, 11) is 0. The van der Waals surface area contributed by atoms with E-state index in [1.54, 1.807) is 18.3 Å². The topological polar surface area (TPSA) is 0 Å². The minimum atomic E-state index is -0.143. The minimum Gasteiger partial charge on any atom is -0.207 e. The molecule has 0 saturated carbocycles. The number of benzene rings is 1. The third-order valence-electron chi connectivity index (χ3n) is 2.87. The fraction of sp³-hybridized carbons (Fsp3) is 0.286. The van der Waals surface area contributed by atoms with Crippen LogP contribution in [-0.2, 0) is 6.42 Å². The summed E-state index contributed by atoms with van der Waals surface area (Å²) in [6.45, 7) is 3.95. The van der Waals surface area contributed by atoms with Crippen LogP contribution in [0, 0.1) is 12.7 Å². The van der Waals surface area contributed by atoms with Crippen molar-refractivity contribution in [3.05, 3.63) is 57.0 Å². The molecular weight excluding hydrogens is 299 g/mol. The normalized spacial score (nSPS) is 12.7. The lowest BCUT2D eigenvalue weighted by Gasteiger charge is -2.11. The fourth-order valence-electron chi connectivity index (χ4n) is 1.84. The third-order valence-corrected chi connectivity index (χ3v) is 5.18. The maximum Gasteiger partial charge on any atom is 0.126 e. The Morgan fingerprint density at radius 3 is 2.76 bits per heavy atom. The van der Waals surface area contributed by atoms with E-state index in [9.17, 15) is 4.39 Å². The zero-order chi connectivity index (χ0) is 12.4. The lowest BCUT2D eigenvalue weighted by Crippen LogP contribution is -1.95. The largest absolute Gasteiger partial charge is 0.207 e. The Morgan fingerprint density at radius 1 is 1.35 bits per heavy atom. The van der Waals surface area contributed by atoms with Crippen LogP contribution in [0.25, 0.3) is 0 Å². The minimum absolute atomic E-state index is 0.143. The molecule has 0 aliphatic carbocycles. The van der Waals surface area contributed by atoms with Gasteiger partial charge in [0.15, 0.2) is 0 Å². The van der Waals surface area contributed by atoms with E-state index in [2.05, 4.69) is 34.3 Å². The summed E-state index contributed by atoms with van der Waals surface area (Å²) in [6.07, 6.45) is 1.03. The first-order chi connectivity index (χ1) is 8.13. The van der Waals surface area contributed by atoms with Gasteiger partial charge in [-0.15, -0.1) is 11.3 Å². The maximum atomic E-state index is 13.2. The second kappa shape index (κ2) is 5.32. The summed E-state index contributed by atoms with van der Waals surface area (Å²) in [5.41, 5.74) is 3.17. The molecule has 1 aromatic carbocycles. The molecule has 1 aromatic heterocycles. The molecule has 2 aromatic rings. The lowest BCUT2D eigenvalue weighted by molar-refractivity contribution is 0.618. The summed E-state index contributed by atoms with van der Waals surface area (Å²) >= 11 is 5.46. The van der Waals surface area contributed by atoms with Gasteiger partial charge in [-0.05, 0) is 47.5 Å². The van der Waals surface area contributed by atoms with Gasteiger partial charge in [0.2, 0.25) is 0 Å². The van der Waals surface area contributed by atoms with Gasteiger partial charge >= 0.3 is 0 Å². The van der Waals surface area contributed by atoms with E-state index < -0.39 is 0 Å². The number of alkyl halides is 1. The van der Waals surface area contributed by atoms with Gasteiger partial charge in [0.25, 0.3) is 0 Å². The van der Waals surface area contributed by atoms with Crippen LogP contribution >= 0.6 is 27.3 Å². The Morgan fingerprint density at radius 2 is 2.12 bits per heavy atom. The lowest BCUT2D eigenvalue weighted by atomic mass is 10.0. The van der Waals surface area contributed by atoms with Gasteiger partial charge in [-0.3, -0.25) is 0 Å². The Bertz CT molecular complexity index is 519. The number of thiophene rings is 1. The summed E-state index contributed by atoms with van der Waals surface area (Å²) < 4.78 is 13.2. The SMILES string of the molecule is CCc1ccsc1C(Br)c1ccc(F)c(C)c1. The fourth-order valence-corrected chi connectivity index (χ4v) is 3.74. The molecule has 1 atom stereocenters. The zero-order valence-electron chi connectivity index (χ0n) is 9.84. The Kier molecular flexibility index (Phi) is 4.00. The van der Waals surface area contributed by atoms with E-state index >= 15 is 0 Å². The van der Waals surface area contributed by atoms with Crippen LogP contribution in [0.4, 0.5) is 4.39 Å². The van der Waals surface area contributed by atoms with Crippen LogP contribution in [0.15, 0.2) is 29.6 Å². The molecule has 2 rings (SSSR count). The molecule has 0 bridgehead atoms. The standard InChI is InChI=1S/C14H14BrFS/c1-3-10-6-7-17-14(10)13(15)11-4-5-12(16)9(2)8-11/h4-8,13H,3H2,1-2H3. The predicted molar refractivity (Wildman–Crippen MR) is 75.6 cm³/mol. The van der Waals surface area contributed by atoms with Gasteiger partial charge in [-0.25, -0.2) is 4.39 Å². The van der Waals surface area contributed by atoms with Crippen molar-refractivity contribution in [1.82, 2.24) is 0 Å². The molecule has 0 fully saturated rings. The van der Waals surface area contributed by atoms with E-state index in [0.29, 0.717) is 5.56 Å². The van der Waals surface area contributed by atoms with Crippen LogP contribution in [0.1, 0.15) is 33.3 Å². The molecule has 0 N–H and O–H groups in total. The van der Waals surface area contributed by atoms with Crippen LogP contribution < -0.4 is 0 Å². The first-order valence-electron chi connectivity index (χ1n) is 5.60. The van der Waals surface area contributed by atoms with E-state index in [1.807, 2.05) is 12.1 Å². The average molecular weight is 313 g/mol. The molecule has 1 unspecified atom stereocenters. The van der Waals surface area contributed by atoms with Crippen molar-refractivity contribution in [3.8, 4) is 0 Å². The molecule has 0 spiro atoms. The molecule has 0 radical (unpaired) electrons. The van der Waals surface area contributed by atoms with E-state index in [0.717, 1.165) is 12.0 Å². The molecule has 90 valence electrons. The number of hydrogen-bond acceptors (Lipinski definition) is 1. The van der Waals surface area contributed by atoms with Crippen LogP contribution in [-0.4, -0.2) is 0 Å². The second-order valence-electron chi connectivity index (χ2n) is 4.03. The van der Waals surface area contributed by atoms with Crippen LogP contribution in [0.2, 0.25) is 0 Å². The van der Waals surface area contributed by atoms with Crippen LogP contribution in [0.5, 0.6) is 0 Å².